The summed E-state index contributed by atoms with van der Waals surface area (Å²) in [6.07, 6.45) is 1.08. The van der Waals surface area contributed by atoms with Gasteiger partial charge in [0.15, 0.2) is 0 Å². The van der Waals surface area contributed by atoms with E-state index in [1.165, 1.54) is 6.20 Å². The normalized spacial score (nSPS) is 16.5. The molecule has 0 aromatic carbocycles. The van der Waals surface area contributed by atoms with Crippen LogP contribution >= 0.6 is 0 Å². The van der Waals surface area contributed by atoms with Crippen LogP contribution in [0.3, 0.4) is 0 Å². The molecule has 1 aliphatic heterocycles. The van der Waals surface area contributed by atoms with Gasteiger partial charge in [-0.2, -0.15) is 5.10 Å². The lowest BCUT2D eigenvalue weighted by Gasteiger charge is -2.35. The average Bonchev–Trinajstić information content (AvgIpc) is 2.53. The van der Waals surface area contributed by atoms with Gasteiger partial charge in [0.25, 0.3) is 5.91 Å². The zero-order chi connectivity index (χ0) is 11.0. The lowest BCUT2D eigenvalue weighted by atomic mass is 10.1. The SMILES string of the molecule is CCn1ncc(N)c1C(=O)N1CC(O)C1. The van der Waals surface area contributed by atoms with Gasteiger partial charge in [-0.1, -0.05) is 0 Å². The minimum absolute atomic E-state index is 0.155. The van der Waals surface area contributed by atoms with E-state index in [0.717, 1.165) is 0 Å². The molecule has 2 rings (SSSR count). The summed E-state index contributed by atoms with van der Waals surface area (Å²) in [5.74, 6) is -0.155. The van der Waals surface area contributed by atoms with Gasteiger partial charge in [-0.3, -0.25) is 9.48 Å². The monoisotopic (exact) mass is 210 g/mol. The number of anilines is 1. The number of nitrogens with two attached hydrogens (primary N) is 1. The molecule has 0 unspecified atom stereocenters. The Bertz CT molecular complexity index is 381. The fourth-order valence-corrected chi connectivity index (χ4v) is 1.64. The second kappa shape index (κ2) is 3.54. The molecule has 6 nitrogen and oxygen atoms in total. The third-order valence-electron chi connectivity index (χ3n) is 2.52. The molecule has 15 heavy (non-hydrogen) atoms. The van der Waals surface area contributed by atoms with Gasteiger partial charge in [0.2, 0.25) is 0 Å². The first-order valence-electron chi connectivity index (χ1n) is 4.92. The Labute approximate surface area is 87.3 Å². The van der Waals surface area contributed by atoms with Crippen LogP contribution in [-0.2, 0) is 6.54 Å². The van der Waals surface area contributed by atoms with Crippen molar-refractivity contribution in [1.29, 1.82) is 0 Å². The summed E-state index contributed by atoms with van der Waals surface area (Å²) in [5.41, 5.74) is 6.49. The summed E-state index contributed by atoms with van der Waals surface area (Å²) in [6.45, 7) is 3.27. The quantitative estimate of drug-likeness (QED) is 0.676. The smallest absolute Gasteiger partial charge is 0.274 e. The molecular weight excluding hydrogens is 196 g/mol. The standard InChI is InChI=1S/C9H14N4O2/c1-2-13-8(7(10)3-11-13)9(15)12-4-6(14)5-12/h3,6,14H,2,4-5,10H2,1H3. The summed E-state index contributed by atoms with van der Waals surface area (Å²) in [4.78, 5) is 13.5. The molecule has 0 aliphatic carbocycles. The van der Waals surface area contributed by atoms with Gasteiger partial charge in [-0.25, -0.2) is 0 Å². The highest BCUT2D eigenvalue weighted by molar-refractivity contribution is 5.97. The number of carbonyl (C=O) groups excluding carboxylic acids is 1. The largest absolute Gasteiger partial charge is 0.396 e. The molecule has 0 saturated carbocycles. The lowest BCUT2D eigenvalue weighted by molar-refractivity contribution is 0.00517. The van der Waals surface area contributed by atoms with E-state index in [4.69, 9.17) is 10.8 Å². The maximum atomic E-state index is 11.9. The van der Waals surface area contributed by atoms with Crippen molar-refractivity contribution in [3.05, 3.63) is 11.9 Å². The summed E-state index contributed by atoms with van der Waals surface area (Å²) in [5, 5.41) is 13.1. The van der Waals surface area contributed by atoms with Gasteiger partial charge in [-0.05, 0) is 6.92 Å². The minimum Gasteiger partial charge on any atom is -0.396 e. The molecule has 1 aromatic heterocycles. The molecule has 0 bridgehead atoms. The van der Waals surface area contributed by atoms with E-state index in [2.05, 4.69) is 5.10 Å². The maximum Gasteiger partial charge on any atom is 0.274 e. The summed E-state index contributed by atoms with van der Waals surface area (Å²) in [7, 11) is 0. The molecular formula is C9H14N4O2. The van der Waals surface area contributed by atoms with Crippen LogP contribution in [0.15, 0.2) is 6.20 Å². The van der Waals surface area contributed by atoms with Gasteiger partial charge in [0.1, 0.15) is 5.69 Å². The summed E-state index contributed by atoms with van der Waals surface area (Å²) in [6, 6.07) is 0. The van der Waals surface area contributed by atoms with Crippen LogP contribution in [0, 0.1) is 0 Å². The fourth-order valence-electron chi connectivity index (χ4n) is 1.64. The maximum absolute atomic E-state index is 11.9. The topological polar surface area (TPSA) is 84.4 Å². The van der Waals surface area contributed by atoms with Crippen molar-refractivity contribution in [1.82, 2.24) is 14.7 Å². The van der Waals surface area contributed by atoms with Crippen LogP contribution in [0.1, 0.15) is 17.4 Å². The van der Waals surface area contributed by atoms with Crippen LogP contribution in [0.25, 0.3) is 0 Å². The Kier molecular flexibility index (Phi) is 2.36. The molecule has 3 N–H and O–H groups in total. The third kappa shape index (κ3) is 1.56. The summed E-state index contributed by atoms with van der Waals surface area (Å²) < 4.78 is 1.57. The predicted molar refractivity (Wildman–Crippen MR) is 54.2 cm³/mol. The lowest BCUT2D eigenvalue weighted by Crippen LogP contribution is -2.54. The molecule has 82 valence electrons. The van der Waals surface area contributed by atoms with E-state index in [1.807, 2.05) is 6.92 Å². The van der Waals surface area contributed by atoms with Crippen LogP contribution in [0.2, 0.25) is 0 Å². The zero-order valence-corrected chi connectivity index (χ0v) is 8.55. The molecule has 0 spiro atoms. The number of nitrogen functional groups attached to an aromatic ring is 1. The molecule has 0 radical (unpaired) electrons. The Morgan fingerprint density at radius 3 is 2.93 bits per heavy atom. The minimum atomic E-state index is -0.395. The van der Waals surface area contributed by atoms with Crippen molar-refractivity contribution in [3.8, 4) is 0 Å². The number of amides is 1. The van der Waals surface area contributed by atoms with Gasteiger partial charge in [0.05, 0.1) is 18.0 Å². The number of aromatic nitrogens is 2. The zero-order valence-electron chi connectivity index (χ0n) is 8.55. The van der Waals surface area contributed by atoms with Crippen molar-refractivity contribution in [2.75, 3.05) is 18.8 Å². The highest BCUT2D eigenvalue weighted by Crippen LogP contribution is 2.17. The number of carbonyl (C=O) groups is 1. The highest BCUT2D eigenvalue weighted by Gasteiger charge is 2.32. The predicted octanol–water partition coefficient (Wildman–Crippen LogP) is -0.698. The Balaban J connectivity index is 2.21. The molecule has 1 aromatic rings. The Morgan fingerprint density at radius 1 is 1.73 bits per heavy atom. The van der Waals surface area contributed by atoms with Crippen molar-refractivity contribution in [2.45, 2.75) is 19.6 Å². The first-order chi connectivity index (χ1) is 7.13. The van der Waals surface area contributed by atoms with Gasteiger partial charge in [-0.15, -0.1) is 0 Å². The number of β-amino-alcohol motifs (C(OH)–C–C–N with tert-alkyl or cyclic N) is 1. The Hall–Kier alpha value is -1.56. The number of rotatable bonds is 2. The first kappa shape index (κ1) is 9.97. The van der Waals surface area contributed by atoms with E-state index in [1.54, 1.807) is 9.58 Å². The van der Waals surface area contributed by atoms with Crippen molar-refractivity contribution in [2.24, 2.45) is 0 Å². The van der Waals surface area contributed by atoms with E-state index in [-0.39, 0.29) is 5.91 Å². The van der Waals surface area contributed by atoms with E-state index < -0.39 is 6.10 Å². The van der Waals surface area contributed by atoms with Crippen LogP contribution in [-0.4, -0.2) is 44.9 Å². The first-order valence-corrected chi connectivity index (χ1v) is 4.92. The van der Waals surface area contributed by atoms with Gasteiger partial charge >= 0.3 is 0 Å². The number of nitrogens with zero attached hydrogens (tertiary/aromatic N) is 3. The molecule has 1 aliphatic rings. The molecule has 1 fully saturated rings. The Morgan fingerprint density at radius 2 is 2.40 bits per heavy atom. The summed E-state index contributed by atoms with van der Waals surface area (Å²) >= 11 is 0. The van der Waals surface area contributed by atoms with Crippen molar-refractivity contribution in [3.63, 3.8) is 0 Å². The molecule has 0 atom stereocenters. The number of hydrogen-bond donors (Lipinski definition) is 2. The second-order valence-electron chi connectivity index (χ2n) is 3.63. The highest BCUT2D eigenvalue weighted by atomic mass is 16.3. The van der Waals surface area contributed by atoms with Crippen LogP contribution in [0.5, 0.6) is 0 Å². The third-order valence-corrected chi connectivity index (χ3v) is 2.52. The molecule has 1 amide bonds. The van der Waals surface area contributed by atoms with Crippen LogP contribution in [0.4, 0.5) is 5.69 Å². The molecule has 6 heteroatoms. The molecule has 2 heterocycles. The number of aliphatic hydroxyl groups excluding tert-OH is 1. The fraction of sp³-hybridized carbons (Fsp3) is 0.556. The second-order valence-corrected chi connectivity index (χ2v) is 3.63. The number of aliphatic hydroxyl groups is 1. The van der Waals surface area contributed by atoms with Crippen molar-refractivity contribution >= 4 is 11.6 Å². The van der Waals surface area contributed by atoms with E-state index in [0.29, 0.717) is 31.0 Å². The van der Waals surface area contributed by atoms with Gasteiger partial charge < -0.3 is 15.7 Å². The van der Waals surface area contributed by atoms with E-state index >= 15 is 0 Å². The average molecular weight is 210 g/mol. The number of likely N-dealkylation sites (tertiary alicyclic amines) is 1. The van der Waals surface area contributed by atoms with Crippen molar-refractivity contribution < 1.29 is 9.90 Å². The number of hydrogen-bond acceptors (Lipinski definition) is 4. The van der Waals surface area contributed by atoms with E-state index in [9.17, 15) is 4.79 Å². The number of aryl methyl sites for hydroxylation is 1. The molecule has 1 saturated heterocycles. The van der Waals surface area contributed by atoms with Crippen LogP contribution < -0.4 is 5.73 Å². The van der Waals surface area contributed by atoms with Gasteiger partial charge in [0, 0.05) is 19.6 Å².